The van der Waals surface area contributed by atoms with Gasteiger partial charge < -0.3 is 10.2 Å². The summed E-state index contributed by atoms with van der Waals surface area (Å²) in [5.41, 5.74) is 2.57. The maximum Gasteiger partial charge on any atom is 0.337 e. The zero-order valence-electron chi connectivity index (χ0n) is 14.0. The molecule has 0 saturated heterocycles. The van der Waals surface area contributed by atoms with E-state index < -0.39 is 5.97 Å². The lowest BCUT2D eigenvalue weighted by atomic mass is 10.1. The van der Waals surface area contributed by atoms with Gasteiger partial charge in [-0.05, 0) is 24.3 Å². The number of carboxylic acids is 1. The number of hydrogen-bond acceptors (Lipinski definition) is 5. The molecular weight excluding hydrogens is 344 g/mol. The highest BCUT2D eigenvalue weighted by atomic mass is 16.4. The van der Waals surface area contributed by atoms with Crippen LogP contribution < -0.4 is 0 Å². The molecule has 4 aromatic rings. The average Bonchev–Trinajstić information content (AvgIpc) is 3.05. The maximum absolute atomic E-state index is 11.3. The zero-order chi connectivity index (χ0) is 18.8. The van der Waals surface area contributed by atoms with Gasteiger partial charge in [-0.1, -0.05) is 36.4 Å². The van der Waals surface area contributed by atoms with Crippen LogP contribution in [-0.2, 0) is 0 Å². The quantitative estimate of drug-likeness (QED) is 0.511. The van der Waals surface area contributed by atoms with E-state index in [1.54, 1.807) is 28.7 Å². The van der Waals surface area contributed by atoms with Crippen molar-refractivity contribution in [3.63, 3.8) is 0 Å². The van der Waals surface area contributed by atoms with Crippen LogP contribution in [0.25, 0.3) is 16.9 Å². The minimum absolute atomic E-state index is 0.0843. The van der Waals surface area contributed by atoms with E-state index >= 15 is 0 Å². The number of carboxylic acid groups (broad SMARTS) is 1. The lowest BCUT2D eigenvalue weighted by Gasteiger charge is -2.01. The number of benzene rings is 2. The van der Waals surface area contributed by atoms with Gasteiger partial charge in [-0.2, -0.15) is 0 Å². The van der Waals surface area contributed by atoms with E-state index in [0.717, 1.165) is 5.56 Å². The van der Waals surface area contributed by atoms with Gasteiger partial charge >= 0.3 is 5.97 Å². The Hall–Kier alpha value is -4.00. The third kappa shape index (κ3) is 3.25. The minimum atomic E-state index is -1.04. The summed E-state index contributed by atoms with van der Waals surface area (Å²) in [7, 11) is 0. The Labute approximate surface area is 153 Å². The van der Waals surface area contributed by atoms with E-state index in [2.05, 4.69) is 15.2 Å². The molecule has 0 spiro atoms. The molecule has 2 aromatic heterocycles. The minimum Gasteiger partial charge on any atom is -0.508 e. The van der Waals surface area contributed by atoms with Crippen molar-refractivity contribution < 1.29 is 15.0 Å². The Kier molecular flexibility index (Phi) is 4.10. The zero-order valence-corrected chi connectivity index (χ0v) is 14.0. The van der Waals surface area contributed by atoms with Crippen LogP contribution in [0.3, 0.4) is 0 Å². The molecule has 4 rings (SSSR count). The van der Waals surface area contributed by atoms with Crippen LogP contribution in [0.5, 0.6) is 5.75 Å². The first-order valence-electron chi connectivity index (χ1n) is 8.13. The molecule has 0 bridgehead atoms. The number of phenolic OH excluding ortho intramolecular Hbond substituents is 1. The van der Waals surface area contributed by atoms with Crippen molar-refractivity contribution in [3.05, 3.63) is 78.5 Å². The summed E-state index contributed by atoms with van der Waals surface area (Å²) in [4.78, 5) is 15.9. The third-order valence-corrected chi connectivity index (χ3v) is 3.98. The van der Waals surface area contributed by atoms with Crippen LogP contribution in [0.15, 0.2) is 83.2 Å². The fourth-order valence-electron chi connectivity index (χ4n) is 2.70. The van der Waals surface area contributed by atoms with Crippen LogP contribution in [0.4, 0.5) is 11.5 Å². The van der Waals surface area contributed by atoms with E-state index in [-0.39, 0.29) is 11.3 Å². The Morgan fingerprint density at radius 2 is 1.78 bits per heavy atom. The van der Waals surface area contributed by atoms with Crippen molar-refractivity contribution in [2.45, 2.75) is 0 Å². The molecule has 0 atom stereocenters. The molecule has 0 amide bonds. The van der Waals surface area contributed by atoms with Crippen molar-refractivity contribution in [1.29, 1.82) is 0 Å². The summed E-state index contributed by atoms with van der Waals surface area (Å²) >= 11 is 0. The summed E-state index contributed by atoms with van der Waals surface area (Å²) in [5.74, 6) is -0.550. The van der Waals surface area contributed by atoms with Gasteiger partial charge in [0.25, 0.3) is 0 Å². The maximum atomic E-state index is 11.3. The second-order valence-corrected chi connectivity index (χ2v) is 5.82. The third-order valence-electron chi connectivity index (χ3n) is 3.98. The standard InChI is InChI=1S/C20H14N4O3/c25-16-8-4-7-15(11-16)22-23-19-18(13-5-2-1-3-6-13)21-17-10-9-14(20(26)27)12-24(17)19/h1-12,25H,(H,26,27). The Morgan fingerprint density at radius 1 is 0.963 bits per heavy atom. The number of aromatic carboxylic acids is 1. The molecular formula is C20H14N4O3. The molecule has 2 aromatic carbocycles. The number of azo groups is 1. The molecule has 132 valence electrons. The second kappa shape index (κ2) is 6.72. The summed E-state index contributed by atoms with van der Waals surface area (Å²) in [6.45, 7) is 0. The number of imidazole rings is 1. The van der Waals surface area contributed by atoms with Gasteiger partial charge in [0.2, 0.25) is 0 Å². The smallest absolute Gasteiger partial charge is 0.337 e. The molecule has 0 saturated carbocycles. The normalized spacial score (nSPS) is 11.3. The number of nitrogens with zero attached hydrogens (tertiary/aromatic N) is 4. The van der Waals surface area contributed by atoms with Crippen molar-refractivity contribution in [1.82, 2.24) is 9.38 Å². The molecule has 2 heterocycles. The Balaban J connectivity index is 1.91. The van der Waals surface area contributed by atoms with Gasteiger partial charge in [0, 0.05) is 17.8 Å². The number of aromatic hydroxyl groups is 1. The highest BCUT2D eigenvalue weighted by Gasteiger charge is 2.15. The number of aromatic nitrogens is 2. The van der Waals surface area contributed by atoms with Crippen LogP contribution in [0.1, 0.15) is 10.4 Å². The van der Waals surface area contributed by atoms with E-state index in [1.807, 2.05) is 30.3 Å². The lowest BCUT2D eigenvalue weighted by molar-refractivity contribution is 0.0696. The molecule has 0 aliphatic heterocycles. The monoisotopic (exact) mass is 358 g/mol. The van der Waals surface area contributed by atoms with Crippen LogP contribution >= 0.6 is 0 Å². The fraction of sp³-hybridized carbons (Fsp3) is 0. The lowest BCUT2D eigenvalue weighted by Crippen LogP contribution is -1.98. The van der Waals surface area contributed by atoms with Gasteiger partial charge in [-0.25, -0.2) is 9.78 Å². The highest BCUT2D eigenvalue weighted by Crippen LogP contribution is 2.32. The largest absolute Gasteiger partial charge is 0.508 e. The predicted octanol–water partition coefficient (Wildman–Crippen LogP) is 4.82. The van der Waals surface area contributed by atoms with Crippen LogP contribution in [-0.4, -0.2) is 25.6 Å². The first-order chi connectivity index (χ1) is 13.1. The number of carbonyl (C=O) groups is 1. The molecule has 0 aliphatic carbocycles. The number of fused-ring (bicyclic) bond motifs is 1. The summed E-state index contributed by atoms with van der Waals surface area (Å²) in [6.07, 6.45) is 1.47. The topological polar surface area (TPSA) is 99.5 Å². The first kappa shape index (κ1) is 16.5. The summed E-state index contributed by atoms with van der Waals surface area (Å²) < 4.78 is 1.60. The second-order valence-electron chi connectivity index (χ2n) is 5.82. The molecule has 7 nitrogen and oxygen atoms in total. The molecule has 0 aliphatic rings. The fourth-order valence-corrected chi connectivity index (χ4v) is 2.70. The number of phenols is 1. The summed E-state index contributed by atoms with van der Waals surface area (Å²) in [6, 6.07) is 19.0. The van der Waals surface area contributed by atoms with Gasteiger partial charge in [0.1, 0.15) is 17.1 Å². The van der Waals surface area contributed by atoms with E-state index in [0.29, 0.717) is 22.8 Å². The van der Waals surface area contributed by atoms with Crippen molar-refractivity contribution in [2.75, 3.05) is 0 Å². The predicted molar refractivity (Wildman–Crippen MR) is 99.9 cm³/mol. The first-order valence-corrected chi connectivity index (χ1v) is 8.13. The molecule has 0 unspecified atom stereocenters. The van der Waals surface area contributed by atoms with E-state index in [9.17, 15) is 15.0 Å². The van der Waals surface area contributed by atoms with Crippen LogP contribution in [0, 0.1) is 0 Å². The highest BCUT2D eigenvalue weighted by molar-refractivity contribution is 5.88. The molecule has 27 heavy (non-hydrogen) atoms. The number of pyridine rings is 1. The van der Waals surface area contributed by atoms with Crippen molar-refractivity contribution in [3.8, 4) is 17.0 Å². The van der Waals surface area contributed by atoms with Gasteiger partial charge in [-0.3, -0.25) is 4.40 Å². The number of hydrogen-bond donors (Lipinski definition) is 2. The van der Waals surface area contributed by atoms with Gasteiger partial charge in [-0.15, -0.1) is 10.2 Å². The van der Waals surface area contributed by atoms with E-state index in [4.69, 9.17) is 0 Å². The van der Waals surface area contributed by atoms with Crippen LogP contribution in [0.2, 0.25) is 0 Å². The molecule has 0 radical (unpaired) electrons. The van der Waals surface area contributed by atoms with Gasteiger partial charge in [0.15, 0.2) is 5.82 Å². The summed E-state index contributed by atoms with van der Waals surface area (Å²) in [5, 5.41) is 27.4. The average molecular weight is 358 g/mol. The molecule has 2 N–H and O–H groups in total. The molecule has 7 heteroatoms. The van der Waals surface area contributed by atoms with E-state index in [1.165, 1.54) is 18.3 Å². The Bertz CT molecular complexity index is 1170. The Morgan fingerprint density at radius 3 is 2.52 bits per heavy atom. The SMILES string of the molecule is O=C(O)c1ccc2nc(-c3ccccc3)c(N=Nc3cccc(O)c3)n2c1. The van der Waals surface area contributed by atoms with Crippen molar-refractivity contribution >= 4 is 23.1 Å². The molecule has 0 fully saturated rings. The number of rotatable bonds is 4. The van der Waals surface area contributed by atoms with Gasteiger partial charge in [0.05, 0.1) is 11.3 Å². The van der Waals surface area contributed by atoms with Crippen molar-refractivity contribution in [2.24, 2.45) is 10.2 Å².